The number of imidazole rings is 1. The van der Waals surface area contributed by atoms with Gasteiger partial charge in [0.15, 0.2) is 0 Å². The van der Waals surface area contributed by atoms with Gasteiger partial charge < -0.3 is 5.32 Å². The molecule has 3 aromatic rings. The normalized spacial score (nSPS) is 10.9. The SMILES string of the molecule is Cn1c(=O)n(CCC(=O)Nc2ccc(F)cc2)c2ccccc21. The molecule has 1 N–H and O–H groups in total. The van der Waals surface area contributed by atoms with E-state index in [0.29, 0.717) is 5.69 Å². The highest BCUT2D eigenvalue weighted by Crippen LogP contribution is 2.12. The van der Waals surface area contributed by atoms with E-state index in [2.05, 4.69) is 5.32 Å². The molecule has 0 aliphatic rings. The standard InChI is InChI=1S/C17H16FN3O2/c1-20-14-4-2-3-5-15(14)21(17(20)23)11-10-16(22)19-13-8-6-12(18)7-9-13/h2-9H,10-11H2,1H3,(H,19,22). The number of nitrogens with zero attached hydrogens (tertiary/aromatic N) is 2. The molecule has 1 amide bonds. The lowest BCUT2D eigenvalue weighted by molar-refractivity contribution is -0.116. The van der Waals surface area contributed by atoms with E-state index < -0.39 is 0 Å². The maximum Gasteiger partial charge on any atom is 0.328 e. The summed E-state index contributed by atoms with van der Waals surface area (Å²) in [5.74, 6) is -0.582. The summed E-state index contributed by atoms with van der Waals surface area (Å²) >= 11 is 0. The second kappa shape index (κ2) is 6.08. The Morgan fingerprint density at radius 3 is 2.43 bits per heavy atom. The predicted octanol–water partition coefficient (Wildman–Crippen LogP) is 2.51. The Hall–Kier alpha value is -2.89. The molecule has 118 valence electrons. The lowest BCUT2D eigenvalue weighted by Gasteiger charge is -2.06. The Kier molecular flexibility index (Phi) is 3.97. The van der Waals surface area contributed by atoms with Gasteiger partial charge >= 0.3 is 5.69 Å². The average molecular weight is 313 g/mol. The number of halogens is 1. The molecule has 1 heterocycles. The third kappa shape index (κ3) is 3.01. The number of amides is 1. The molecular weight excluding hydrogens is 297 g/mol. The Morgan fingerprint density at radius 2 is 1.74 bits per heavy atom. The number of benzene rings is 2. The van der Waals surface area contributed by atoms with Gasteiger partial charge in [-0.3, -0.25) is 13.9 Å². The molecule has 0 aliphatic heterocycles. The molecule has 3 rings (SSSR count). The Balaban J connectivity index is 1.73. The van der Waals surface area contributed by atoms with Gasteiger partial charge in [-0.15, -0.1) is 0 Å². The van der Waals surface area contributed by atoms with Gasteiger partial charge in [0.05, 0.1) is 11.0 Å². The van der Waals surface area contributed by atoms with Crippen LogP contribution < -0.4 is 11.0 Å². The largest absolute Gasteiger partial charge is 0.328 e. The minimum Gasteiger partial charge on any atom is -0.326 e. The fourth-order valence-corrected chi connectivity index (χ4v) is 2.55. The van der Waals surface area contributed by atoms with E-state index in [4.69, 9.17) is 0 Å². The van der Waals surface area contributed by atoms with Crippen LogP contribution >= 0.6 is 0 Å². The van der Waals surface area contributed by atoms with E-state index in [1.54, 1.807) is 16.2 Å². The number of nitrogens with one attached hydrogen (secondary N) is 1. The summed E-state index contributed by atoms with van der Waals surface area (Å²) in [5.41, 5.74) is 2.01. The lowest BCUT2D eigenvalue weighted by Crippen LogP contribution is -2.24. The molecule has 0 aliphatic carbocycles. The summed E-state index contributed by atoms with van der Waals surface area (Å²) in [5, 5.41) is 2.69. The van der Waals surface area contributed by atoms with Crippen molar-refractivity contribution in [2.24, 2.45) is 7.05 Å². The molecule has 0 spiro atoms. The fourth-order valence-electron chi connectivity index (χ4n) is 2.55. The first-order valence-corrected chi connectivity index (χ1v) is 7.26. The zero-order valence-electron chi connectivity index (χ0n) is 12.6. The van der Waals surface area contributed by atoms with Crippen molar-refractivity contribution >= 4 is 22.6 Å². The van der Waals surface area contributed by atoms with E-state index in [0.717, 1.165) is 11.0 Å². The minimum atomic E-state index is -0.356. The molecule has 0 saturated carbocycles. The number of fused-ring (bicyclic) bond motifs is 1. The number of aromatic nitrogens is 2. The van der Waals surface area contributed by atoms with E-state index >= 15 is 0 Å². The number of rotatable bonds is 4. The number of para-hydroxylation sites is 2. The van der Waals surface area contributed by atoms with Crippen molar-refractivity contribution in [3.63, 3.8) is 0 Å². The Labute approximate surface area is 132 Å². The zero-order chi connectivity index (χ0) is 16.4. The van der Waals surface area contributed by atoms with Crippen LogP contribution in [0.1, 0.15) is 6.42 Å². The molecule has 6 heteroatoms. The highest BCUT2D eigenvalue weighted by atomic mass is 19.1. The first-order chi connectivity index (χ1) is 11.1. The number of hydrogen-bond acceptors (Lipinski definition) is 2. The van der Waals surface area contributed by atoms with Crippen molar-refractivity contribution in [1.29, 1.82) is 0 Å². The van der Waals surface area contributed by atoms with Crippen molar-refractivity contribution < 1.29 is 9.18 Å². The van der Waals surface area contributed by atoms with Gasteiger partial charge in [0, 0.05) is 25.7 Å². The molecule has 2 aromatic carbocycles. The van der Waals surface area contributed by atoms with Crippen LogP contribution in [-0.4, -0.2) is 15.0 Å². The molecule has 5 nitrogen and oxygen atoms in total. The first kappa shape index (κ1) is 15.0. The van der Waals surface area contributed by atoms with Crippen molar-refractivity contribution in [3.05, 3.63) is 64.8 Å². The predicted molar refractivity (Wildman–Crippen MR) is 86.8 cm³/mol. The van der Waals surface area contributed by atoms with E-state index in [-0.39, 0.29) is 30.4 Å². The molecule has 0 saturated heterocycles. The van der Waals surface area contributed by atoms with Crippen molar-refractivity contribution in [1.82, 2.24) is 9.13 Å². The number of carbonyl (C=O) groups excluding carboxylic acids is 1. The second-order valence-corrected chi connectivity index (χ2v) is 5.29. The quantitative estimate of drug-likeness (QED) is 0.804. The number of aryl methyl sites for hydroxylation is 2. The molecule has 23 heavy (non-hydrogen) atoms. The smallest absolute Gasteiger partial charge is 0.326 e. The summed E-state index contributed by atoms with van der Waals surface area (Å²) in [4.78, 5) is 24.2. The van der Waals surface area contributed by atoms with Gasteiger partial charge in [-0.05, 0) is 36.4 Å². The summed E-state index contributed by atoms with van der Waals surface area (Å²) in [6, 6.07) is 13.0. The molecular formula is C17H16FN3O2. The van der Waals surface area contributed by atoms with Crippen LogP contribution in [0.5, 0.6) is 0 Å². The minimum absolute atomic E-state index is 0.152. The van der Waals surface area contributed by atoms with Crippen LogP contribution in [0.15, 0.2) is 53.3 Å². The summed E-state index contributed by atoms with van der Waals surface area (Å²) in [6.07, 6.45) is 0.158. The summed E-state index contributed by atoms with van der Waals surface area (Å²) in [6.45, 7) is 0.285. The maximum absolute atomic E-state index is 12.8. The highest BCUT2D eigenvalue weighted by Gasteiger charge is 2.11. The third-order valence-electron chi connectivity index (χ3n) is 3.74. The molecule has 0 unspecified atom stereocenters. The number of anilines is 1. The lowest BCUT2D eigenvalue weighted by atomic mass is 10.3. The Bertz CT molecular complexity index is 910. The van der Waals surface area contributed by atoms with E-state index in [1.165, 1.54) is 24.3 Å². The maximum atomic E-state index is 12.8. The van der Waals surface area contributed by atoms with Crippen LogP contribution in [-0.2, 0) is 18.4 Å². The number of carbonyl (C=O) groups is 1. The fraction of sp³-hybridized carbons (Fsp3) is 0.176. The van der Waals surface area contributed by atoms with Gasteiger partial charge in [0.25, 0.3) is 0 Å². The highest BCUT2D eigenvalue weighted by molar-refractivity contribution is 5.90. The van der Waals surface area contributed by atoms with E-state index in [1.807, 2.05) is 24.3 Å². The topological polar surface area (TPSA) is 56.0 Å². The third-order valence-corrected chi connectivity index (χ3v) is 3.74. The molecule has 0 fully saturated rings. The van der Waals surface area contributed by atoms with Crippen molar-refractivity contribution in [3.8, 4) is 0 Å². The van der Waals surface area contributed by atoms with Crippen LogP contribution in [0.3, 0.4) is 0 Å². The van der Waals surface area contributed by atoms with Crippen molar-refractivity contribution in [2.75, 3.05) is 5.32 Å². The Morgan fingerprint density at radius 1 is 1.09 bits per heavy atom. The first-order valence-electron chi connectivity index (χ1n) is 7.26. The molecule has 0 radical (unpaired) electrons. The van der Waals surface area contributed by atoms with Gasteiger partial charge in [-0.25, -0.2) is 9.18 Å². The van der Waals surface area contributed by atoms with Crippen LogP contribution in [0.2, 0.25) is 0 Å². The zero-order valence-corrected chi connectivity index (χ0v) is 12.6. The van der Waals surface area contributed by atoms with Gasteiger partial charge in [-0.2, -0.15) is 0 Å². The average Bonchev–Trinajstić information content (AvgIpc) is 2.80. The summed E-state index contributed by atoms with van der Waals surface area (Å²) < 4.78 is 16.0. The molecule has 0 bridgehead atoms. The van der Waals surface area contributed by atoms with Gasteiger partial charge in [0.2, 0.25) is 5.91 Å². The monoisotopic (exact) mass is 313 g/mol. The molecule has 1 aromatic heterocycles. The number of hydrogen-bond donors (Lipinski definition) is 1. The second-order valence-electron chi connectivity index (χ2n) is 5.29. The van der Waals surface area contributed by atoms with Crippen LogP contribution in [0, 0.1) is 5.82 Å². The van der Waals surface area contributed by atoms with Crippen LogP contribution in [0.25, 0.3) is 11.0 Å². The molecule has 0 atom stereocenters. The summed E-state index contributed by atoms with van der Waals surface area (Å²) in [7, 11) is 1.71. The van der Waals surface area contributed by atoms with Gasteiger partial charge in [-0.1, -0.05) is 12.1 Å². The van der Waals surface area contributed by atoms with E-state index in [9.17, 15) is 14.0 Å². The van der Waals surface area contributed by atoms with Crippen LogP contribution in [0.4, 0.5) is 10.1 Å². The van der Waals surface area contributed by atoms with Gasteiger partial charge in [0.1, 0.15) is 5.82 Å². The van der Waals surface area contributed by atoms with Crippen molar-refractivity contribution in [2.45, 2.75) is 13.0 Å².